The molecule has 0 aromatic heterocycles. The molecule has 0 radical (unpaired) electrons. The molecule has 4 unspecified atom stereocenters. The first-order chi connectivity index (χ1) is 9.68. The smallest absolute Gasteiger partial charge is 0.326 e. The second-order valence-electron chi connectivity index (χ2n) is 6.98. The fourth-order valence-corrected chi connectivity index (χ4v) is 4.84. The van der Waals surface area contributed by atoms with E-state index in [1.165, 1.54) is 45.9 Å². The molecular formula is C16H28N2O2. The van der Waals surface area contributed by atoms with Crippen molar-refractivity contribution in [1.29, 1.82) is 0 Å². The second kappa shape index (κ2) is 5.64. The predicted molar refractivity (Wildman–Crippen MR) is 78.5 cm³/mol. The number of carbonyl (C=O) groups is 1. The summed E-state index contributed by atoms with van der Waals surface area (Å²) in [6, 6.07) is 0.556. The normalized spacial score (nSPS) is 41.6. The summed E-state index contributed by atoms with van der Waals surface area (Å²) in [6.45, 7) is 2.52. The second-order valence-corrected chi connectivity index (χ2v) is 6.98. The summed E-state index contributed by atoms with van der Waals surface area (Å²) < 4.78 is 5.05. The summed E-state index contributed by atoms with van der Waals surface area (Å²) in [5, 5.41) is 3.27. The number of nitrogens with zero attached hydrogens (tertiary/aromatic N) is 1. The Balaban J connectivity index is 1.67. The van der Waals surface area contributed by atoms with Crippen LogP contribution in [0.1, 0.15) is 44.9 Å². The lowest BCUT2D eigenvalue weighted by Gasteiger charge is -2.42. The first-order valence-corrected chi connectivity index (χ1v) is 8.20. The molecule has 1 aliphatic heterocycles. The van der Waals surface area contributed by atoms with E-state index >= 15 is 0 Å². The van der Waals surface area contributed by atoms with Crippen LogP contribution < -0.4 is 5.32 Å². The van der Waals surface area contributed by atoms with Gasteiger partial charge in [0.2, 0.25) is 0 Å². The summed E-state index contributed by atoms with van der Waals surface area (Å²) in [4.78, 5) is 14.8. The van der Waals surface area contributed by atoms with Gasteiger partial charge in [-0.15, -0.1) is 0 Å². The van der Waals surface area contributed by atoms with E-state index in [1.54, 1.807) is 0 Å². The van der Waals surface area contributed by atoms with Gasteiger partial charge in [0.25, 0.3) is 0 Å². The van der Waals surface area contributed by atoms with Gasteiger partial charge in [-0.3, -0.25) is 9.69 Å². The lowest BCUT2D eigenvalue weighted by atomic mass is 9.78. The molecule has 1 N–H and O–H groups in total. The zero-order valence-electron chi connectivity index (χ0n) is 12.9. The molecule has 1 heterocycles. The fourth-order valence-electron chi connectivity index (χ4n) is 4.84. The van der Waals surface area contributed by atoms with E-state index in [2.05, 4.69) is 10.2 Å². The average molecular weight is 280 g/mol. The van der Waals surface area contributed by atoms with E-state index in [0.717, 1.165) is 31.1 Å². The Bertz CT molecular complexity index is 361. The number of esters is 1. The fraction of sp³-hybridized carbons (Fsp3) is 0.938. The molecular weight excluding hydrogens is 252 g/mol. The van der Waals surface area contributed by atoms with E-state index in [1.807, 2.05) is 7.05 Å². The molecule has 0 spiro atoms. The monoisotopic (exact) mass is 280 g/mol. The van der Waals surface area contributed by atoms with Gasteiger partial charge < -0.3 is 10.1 Å². The van der Waals surface area contributed by atoms with Crippen molar-refractivity contribution in [3.05, 3.63) is 0 Å². The summed E-state index contributed by atoms with van der Waals surface area (Å²) in [5.41, 5.74) is -0.449. The predicted octanol–water partition coefficient (Wildman–Crippen LogP) is 1.79. The maximum Gasteiger partial charge on any atom is 0.326 e. The third kappa shape index (κ3) is 2.37. The van der Waals surface area contributed by atoms with Gasteiger partial charge in [0, 0.05) is 19.1 Å². The van der Waals surface area contributed by atoms with E-state index in [4.69, 9.17) is 4.74 Å². The molecule has 3 rings (SSSR count). The van der Waals surface area contributed by atoms with Crippen LogP contribution >= 0.6 is 0 Å². The molecule has 4 heteroatoms. The summed E-state index contributed by atoms with van der Waals surface area (Å²) in [6.07, 6.45) is 8.44. The minimum absolute atomic E-state index is 0.0795. The van der Waals surface area contributed by atoms with E-state index in [-0.39, 0.29) is 5.97 Å². The largest absolute Gasteiger partial charge is 0.468 e. The first kappa shape index (κ1) is 14.3. The van der Waals surface area contributed by atoms with Crippen molar-refractivity contribution < 1.29 is 9.53 Å². The van der Waals surface area contributed by atoms with Crippen LogP contribution in [0.5, 0.6) is 0 Å². The van der Waals surface area contributed by atoms with Gasteiger partial charge in [0.15, 0.2) is 0 Å². The Morgan fingerprint density at radius 2 is 1.90 bits per heavy atom. The number of likely N-dealkylation sites (tertiary alicyclic amines) is 1. The topological polar surface area (TPSA) is 41.6 Å². The van der Waals surface area contributed by atoms with Crippen LogP contribution in [0.2, 0.25) is 0 Å². The summed E-state index contributed by atoms with van der Waals surface area (Å²) in [5.74, 6) is 1.78. The molecule has 4 atom stereocenters. The van der Waals surface area contributed by atoms with Gasteiger partial charge in [-0.2, -0.15) is 0 Å². The standard InChI is InChI=1S/C16H28N2O2/c1-17-16(15(19)20-2)8-4-7-14(9-16)18-10-12-5-3-6-13(12)11-18/h12-14,17H,3-11H2,1-2H3. The number of ether oxygens (including phenoxy) is 1. The van der Waals surface area contributed by atoms with Gasteiger partial charge >= 0.3 is 5.97 Å². The zero-order chi connectivity index (χ0) is 14.2. The Labute approximate surface area is 122 Å². The van der Waals surface area contributed by atoms with Crippen LogP contribution in [0, 0.1) is 11.8 Å². The maximum atomic E-state index is 12.2. The van der Waals surface area contributed by atoms with Crippen LogP contribution in [0.4, 0.5) is 0 Å². The molecule has 2 aliphatic carbocycles. The highest BCUT2D eigenvalue weighted by molar-refractivity contribution is 5.81. The van der Waals surface area contributed by atoms with Crippen molar-refractivity contribution in [3.63, 3.8) is 0 Å². The van der Waals surface area contributed by atoms with Crippen LogP contribution in [-0.2, 0) is 9.53 Å². The third-order valence-corrected chi connectivity index (χ3v) is 6.05. The van der Waals surface area contributed by atoms with Gasteiger partial charge in [-0.1, -0.05) is 6.42 Å². The van der Waals surface area contributed by atoms with Crippen molar-refractivity contribution in [2.75, 3.05) is 27.2 Å². The summed E-state index contributed by atoms with van der Waals surface area (Å²) in [7, 11) is 3.41. The zero-order valence-corrected chi connectivity index (χ0v) is 12.9. The molecule has 2 saturated carbocycles. The number of carbonyl (C=O) groups excluding carboxylic acids is 1. The van der Waals surface area contributed by atoms with E-state index in [0.29, 0.717) is 6.04 Å². The Morgan fingerprint density at radius 3 is 2.50 bits per heavy atom. The maximum absolute atomic E-state index is 12.2. The van der Waals surface area contributed by atoms with Crippen molar-refractivity contribution in [2.45, 2.75) is 56.5 Å². The van der Waals surface area contributed by atoms with Crippen molar-refractivity contribution in [2.24, 2.45) is 11.8 Å². The van der Waals surface area contributed by atoms with E-state index < -0.39 is 5.54 Å². The number of rotatable bonds is 3. The Hall–Kier alpha value is -0.610. The SMILES string of the molecule is CNC1(C(=O)OC)CCCC(N2CC3CCCC3C2)C1. The summed E-state index contributed by atoms with van der Waals surface area (Å²) >= 11 is 0. The van der Waals surface area contributed by atoms with Crippen LogP contribution in [-0.4, -0.2) is 49.7 Å². The average Bonchev–Trinajstić information content (AvgIpc) is 3.07. The molecule has 3 fully saturated rings. The van der Waals surface area contributed by atoms with E-state index in [9.17, 15) is 4.79 Å². The quantitative estimate of drug-likeness (QED) is 0.800. The number of likely N-dealkylation sites (N-methyl/N-ethyl adjacent to an activating group) is 1. The van der Waals surface area contributed by atoms with Gasteiger partial charge in [-0.25, -0.2) is 0 Å². The highest BCUT2D eigenvalue weighted by atomic mass is 16.5. The molecule has 20 heavy (non-hydrogen) atoms. The van der Waals surface area contributed by atoms with Crippen molar-refractivity contribution >= 4 is 5.97 Å². The molecule has 1 saturated heterocycles. The number of methoxy groups -OCH3 is 1. The highest BCUT2D eigenvalue weighted by Gasteiger charge is 2.46. The number of hydrogen-bond donors (Lipinski definition) is 1. The molecule has 0 aromatic carbocycles. The van der Waals surface area contributed by atoms with Gasteiger partial charge in [0.05, 0.1) is 7.11 Å². The molecule has 0 amide bonds. The van der Waals surface area contributed by atoms with Gasteiger partial charge in [-0.05, 0) is 57.4 Å². The molecule has 0 bridgehead atoms. The third-order valence-electron chi connectivity index (χ3n) is 6.05. The number of fused-ring (bicyclic) bond motifs is 1. The molecule has 0 aromatic rings. The highest BCUT2D eigenvalue weighted by Crippen LogP contribution is 2.41. The minimum Gasteiger partial charge on any atom is -0.468 e. The Kier molecular flexibility index (Phi) is 4.04. The molecule has 114 valence electrons. The number of nitrogens with one attached hydrogen (secondary N) is 1. The molecule has 3 aliphatic rings. The Morgan fingerprint density at radius 1 is 1.20 bits per heavy atom. The lowest BCUT2D eigenvalue weighted by Crippen LogP contribution is -2.57. The lowest BCUT2D eigenvalue weighted by molar-refractivity contribution is -0.151. The van der Waals surface area contributed by atoms with Crippen LogP contribution in [0.25, 0.3) is 0 Å². The van der Waals surface area contributed by atoms with Crippen molar-refractivity contribution in [1.82, 2.24) is 10.2 Å². The van der Waals surface area contributed by atoms with Crippen LogP contribution in [0.3, 0.4) is 0 Å². The molecule has 4 nitrogen and oxygen atoms in total. The van der Waals surface area contributed by atoms with Gasteiger partial charge in [0.1, 0.15) is 5.54 Å². The number of hydrogen-bond acceptors (Lipinski definition) is 4. The van der Waals surface area contributed by atoms with Crippen molar-refractivity contribution in [3.8, 4) is 0 Å². The first-order valence-electron chi connectivity index (χ1n) is 8.20. The van der Waals surface area contributed by atoms with Crippen LogP contribution in [0.15, 0.2) is 0 Å². The minimum atomic E-state index is -0.449.